The lowest BCUT2D eigenvalue weighted by Gasteiger charge is -2.25. The first-order chi connectivity index (χ1) is 9.66. The van der Waals surface area contributed by atoms with Crippen LogP contribution in [0.1, 0.15) is 17.5 Å². The monoisotopic (exact) mass is 266 g/mol. The summed E-state index contributed by atoms with van der Waals surface area (Å²) < 4.78 is 0. The van der Waals surface area contributed by atoms with Crippen LogP contribution in [0.2, 0.25) is 0 Å². The molecule has 0 fully saturated rings. The van der Waals surface area contributed by atoms with Crippen LogP contribution in [0.3, 0.4) is 0 Å². The summed E-state index contributed by atoms with van der Waals surface area (Å²) in [6.07, 6.45) is 1.53. The summed E-state index contributed by atoms with van der Waals surface area (Å²) in [5.74, 6) is -0.0273. The Balaban J connectivity index is 2.18. The van der Waals surface area contributed by atoms with E-state index < -0.39 is 6.04 Å². The van der Waals surface area contributed by atoms with Gasteiger partial charge in [-0.2, -0.15) is 0 Å². The summed E-state index contributed by atoms with van der Waals surface area (Å²) in [4.78, 5) is 14.4. The lowest BCUT2D eigenvalue weighted by atomic mass is 10.0. The Morgan fingerprint density at radius 3 is 2.65 bits per heavy atom. The molecule has 1 unspecified atom stereocenters. The fraction of sp³-hybridized carbons (Fsp3) is 0.235. The van der Waals surface area contributed by atoms with Gasteiger partial charge in [-0.25, -0.2) is 0 Å². The van der Waals surface area contributed by atoms with Gasteiger partial charge < -0.3 is 5.73 Å². The van der Waals surface area contributed by atoms with Gasteiger partial charge in [-0.1, -0.05) is 30.3 Å². The predicted octanol–water partition coefficient (Wildman–Crippen LogP) is 2.93. The lowest BCUT2D eigenvalue weighted by Crippen LogP contribution is -2.40. The summed E-state index contributed by atoms with van der Waals surface area (Å²) in [6.45, 7) is 2.04. The van der Waals surface area contributed by atoms with Gasteiger partial charge in [-0.05, 0) is 49.1 Å². The number of fused-ring (bicyclic) bond motifs is 1. The van der Waals surface area contributed by atoms with Crippen molar-refractivity contribution in [1.29, 1.82) is 0 Å². The molecule has 0 bridgehead atoms. The van der Waals surface area contributed by atoms with Gasteiger partial charge in [-0.3, -0.25) is 9.69 Å². The minimum atomic E-state index is -0.442. The Morgan fingerprint density at radius 1 is 1.15 bits per heavy atom. The van der Waals surface area contributed by atoms with Gasteiger partial charge in [0, 0.05) is 5.69 Å². The largest absolute Gasteiger partial charge is 0.320 e. The Kier molecular flexibility index (Phi) is 3.28. The highest BCUT2D eigenvalue weighted by atomic mass is 16.2. The van der Waals surface area contributed by atoms with Crippen LogP contribution in [-0.2, 0) is 11.2 Å². The van der Waals surface area contributed by atoms with Crippen molar-refractivity contribution in [2.24, 2.45) is 5.73 Å². The van der Waals surface area contributed by atoms with Crippen molar-refractivity contribution in [2.45, 2.75) is 25.8 Å². The quantitative estimate of drug-likeness (QED) is 0.862. The number of aryl methyl sites for hydroxylation is 2. The van der Waals surface area contributed by atoms with E-state index in [1.807, 2.05) is 37.3 Å². The van der Waals surface area contributed by atoms with Crippen LogP contribution in [0, 0.1) is 6.92 Å². The van der Waals surface area contributed by atoms with Crippen LogP contribution >= 0.6 is 0 Å². The van der Waals surface area contributed by atoms with Gasteiger partial charge in [0.05, 0.1) is 11.7 Å². The maximum Gasteiger partial charge on any atom is 0.248 e. The number of hydrogen-bond acceptors (Lipinski definition) is 2. The van der Waals surface area contributed by atoms with Crippen molar-refractivity contribution in [3.8, 4) is 0 Å². The van der Waals surface area contributed by atoms with Gasteiger partial charge in [0.15, 0.2) is 0 Å². The van der Waals surface area contributed by atoms with E-state index in [1.54, 1.807) is 4.90 Å². The predicted molar refractivity (Wildman–Crippen MR) is 81.1 cm³/mol. The Bertz CT molecular complexity index is 637. The third kappa shape index (κ3) is 2.21. The number of para-hydroxylation sites is 1. The average Bonchev–Trinajstić information content (AvgIpc) is 2.58. The van der Waals surface area contributed by atoms with E-state index in [4.69, 9.17) is 5.73 Å². The summed E-state index contributed by atoms with van der Waals surface area (Å²) in [6, 6.07) is 15.5. The van der Waals surface area contributed by atoms with Crippen molar-refractivity contribution in [1.82, 2.24) is 0 Å². The van der Waals surface area contributed by atoms with Crippen molar-refractivity contribution in [3.63, 3.8) is 0 Å². The third-order valence-corrected chi connectivity index (χ3v) is 3.76. The number of anilines is 2. The Hall–Kier alpha value is -2.13. The van der Waals surface area contributed by atoms with E-state index in [2.05, 4.69) is 18.2 Å². The highest BCUT2D eigenvalue weighted by Gasteiger charge is 2.28. The molecule has 0 spiro atoms. The molecular formula is C17H18N2O. The zero-order valence-electron chi connectivity index (χ0n) is 11.5. The average molecular weight is 266 g/mol. The smallest absolute Gasteiger partial charge is 0.248 e. The summed E-state index contributed by atoms with van der Waals surface area (Å²) >= 11 is 0. The standard InChI is InChI=1S/C17H18N2O/c1-12-7-8-13-9-10-15(18)17(20)19(16(13)11-12)14-5-3-2-4-6-14/h2-8,11,15H,9-10,18H2,1H3. The van der Waals surface area contributed by atoms with Crippen LogP contribution in [0.15, 0.2) is 48.5 Å². The van der Waals surface area contributed by atoms with E-state index in [1.165, 1.54) is 5.56 Å². The van der Waals surface area contributed by atoms with Gasteiger partial charge in [0.25, 0.3) is 0 Å². The van der Waals surface area contributed by atoms with E-state index in [-0.39, 0.29) is 5.91 Å². The van der Waals surface area contributed by atoms with Gasteiger partial charge in [0.1, 0.15) is 0 Å². The van der Waals surface area contributed by atoms with E-state index in [0.29, 0.717) is 6.42 Å². The molecule has 3 heteroatoms. The van der Waals surface area contributed by atoms with Gasteiger partial charge in [0.2, 0.25) is 5.91 Å². The molecule has 3 nitrogen and oxygen atoms in total. The molecule has 1 aliphatic heterocycles. The molecule has 0 radical (unpaired) electrons. The fourth-order valence-electron chi connectivity index (χ4n) is 2.66. The topological polar surface area (TPSA) is 46.3 Å². The van der Waals surface area contributed by atoms with Crippen molar-refractivity contribution in [3.05, 3.63) is 59.7 Å². The first-order valence-corrected chi connectivity index (χ1v) is 6.91. The number of nitrogens with zero attached hydrogens (tertiary/aromatic N) is 1. The molecule has 1 atom stereocenters. The number of rotatable bonds is 1. The number of carbonyl (C=O) groups excluding carboxylic acids is 1. The molecule has 1 heterocycles. The zero-order valence-corrected chi connectivity index (χ0v) is 11.5. The number of nitrogens with two attached hydrogens (primary N) is 1. The van der Waals surface area contributed by atoms with Crippen LogP contribution < -0.4 is 10.6 Å². The maximum atomic E-state index is 12.6. The number of benzene rings is 2. The Morgan fingerprint density at radius 2 is 1.90 bits per heavy atom. The van der Waals surface area contributed by atoms with E-state index >= 15 is 0 Å². The van der Waals surface area contributed by atoms with Crippen molar-refractivity contribution in [2.75, 3.05) is 4.90 Å². The zero-order chi connectivity index (χ0) is 14.1. The minimum absolute atomic E-state index is 0.0273. The molecule has 0 saturated heterocycles. The molecule has 1 amide bonds. The lowest BCUT2D eigenvalue weighted by molar-refractivity contribution is -0.119. The van der Waals surface area contributed by atoms with E-state index in [0.717, 1.165) is 23.4 Å². The number of carbonyl (C=O) groups is 1. The van der Waals surface area contributed by atoms with Crippen LogP contribution in [0.4, 0.5) is 11.4 Å². The SMILES string of the molecule is Cc1ccc2c(c1)N(c1ccccc1)C(=O)C(N)CC2. The number of hydrogen-bond donors (Lipinski definition) is 1. The molecule has 0 saturated carbocycles. The van der Waals surface area contributed by atoms with Crippen LogP contribution in [0.5, 0.6) is 0 Å². The molecule has 20 heavy (non-hydrogen) atoms. The highest BCUT2D eigenvalue weighted by Crippen LogP contribution is 2.33. The van der Waals surface area contributed by atoms with Gasteiger partial charge >= 0.3 is 0 Å². The molecular weight excluding hydrogens is 248 g/mol. The second-order valence-corrected chi connectivity index (χ2v) is 5.29. The summed E-state index contributed by atoms with van der Waals surface area (Å²) in [5, 5.41) is 0. The molecule has 102 valence electrons. The second-order valence-electron chi connectivity index (χ2n) is 5.29. The van der Waals surface area contributed by atoms with Crippen LogP contribution in [0.25, 0.3) is 0 Å². The molecule has 2 aromatic rings. The normalized spacial score (nSPS) is 18.6. The fourth-order valence-corrected chi connectivity index (χ4v) is 2.66. The van der Waals surface area contributed by atoms with Crippen molar-refractivity contribution >= 4 is 17.3 Å². The first-order valence-electron chi connectivity index (χ1n) is 6.91. The van der Waals surface area contributed by atoms with Crippen molar-refractivity contribution < 1.29 is 4.79 Å². The molecule has 1 aliphatic rings. The van der Waals surface area contributed by atoms with E-state index in [9.17, 15) is 4.79 Å². The first kappa shape index (κ1) is 12.9. The van der Waals surface area contributed by atoms with Gasteiger partial charge in [-0.15, -0.1) is 0 Å². The minimum Gasteiger partial charge on any atom is -0.320 e. The molecule has 0 aliphatic carbocycles. The second kappa shape index (κ2) is 5.10. The number of amides is 1. The molecule has 3 rings (SSSR count). The summed E-state index contributed by atoms with van der Waals surface area (Å²) in [5.41, 5.74) is 10.2. The molecule has 0 aromatic heterocycles. The molecule has 2 aromatic carbocycles. The summed E-state index contributed by atoms with van der Waals surface area (Å²) in [7, 11) is 0. The maximum absolute atomic E-state index is 12.6. The highest BCUT2D eigenvalue weighted by molar-refractivity contribution is 6.04. The third-order valence-electron chi connectivity index (χ3n) is 3.76. The van der Waals surface area contributed by atoms with Crippen LogP contribution in [-0.4, -0.2) is 11.9 Å². The Labute approximate surface area is 119 Å². The molecule has 2 N–H and O–H groups in total.